The molecule has 0 saturated heterocycles. The first-order chi connectivity index (χ1) is 11.6. The minimum atomic E-state index is -1.07. The summed E-state index contributed by atoms with van der Waals surface area (Å²) in [5.74, 6) is 0.216. The van der Waals surface area contributed by atoms with Crippen LogP contribution in [0, 0.1) is 0 Å². The van der Waals surface area contributed by atoms with Crippen LogP contribution in [0.15, 0.2) is 33.4 Å². The molecule has 4 rings (SSSR count). The molecule has 0 fully saturated rings. The number of aromatic carboxylic acids is 1. The van der Waals surface area contributed by atoms with E-state index in [1.165, 1.54) is 11.3 Å². The van der Waals surface area contributed by atoms with Gasteiger partial charge in [-0.15, -0.1) is 0 Å². The predicted octanol–water partition coefficient (Wildman–Crippen LogP) is 3.96. The number of carbonyl (C=O) groups is 1. The quantitative estimate of drug-likeness (QED) is 0.712. The number of methoxy groups -OCH3 is 1. The highest BCUT2D eigenvalue weighted by Gasteiger charge is 2.30. The van der Waals surface area contributed by atoms with Crippen molar-refractivity contribution >= 4 is 33.2 Å². The Morgan fingerprint density at radius 2 is 2.33 bits per heavy atom. The van der Waals surface area contributed by atoms with Gasteiger partial charge in [-0.2, -0.15) is 16.4 Å². The molecule has 0 spiro atoms. The van der Waals surface area contributed by atoms with Crippen LogP contribution in [0.4, 0.5) is 0 Å². The second kappa shape index (κ2) is 5.64. The summed E-state index contributed by atoms with van der Waals surface area (Å²) in [5, 5.41) is 17.6. The molecule has 1 aromatic carbocycles. The minimum Gasteiger partial charge on any atom is -0.495 e. The van der Waals surface area contributed by atoms with Gasteiger partial charge in [-0.25, -0.2) is 9.48 Å². The highest BCUT2D eigenvalue weighted by Crippen LogP contribution is 2.44. The van der Waals surface area contributed by atoms with Crippen molar-refractivity contribution in [3.8, 4) is 28.4 Å². The van der Waals surface area contributed by atoms with Crippen molar-refractivity contribution < 1.29 is 19.4 Å². The molecule has 0 amide bonds. The van der Waals surface area contributed by atoms with E-state index in [4.69, 9.17) is 9.47 Å². The Morgan fingerprint density at radius 1 is 1.50 bits per heavy atom. The van der Waals surface area contributed by atoms with Crippen LogP contribution in [-0.2, 0) is 6.61 Å². The third-order valence-electron chi connectivity index (χ3n) is 3.82. The van der Waals surface area contributed by atoms with E-state index in [0.717, 1.165) is 21.4 Å². The maximum absolute atomic E-state index is 11.6. The minimum absolute atomic E-state index is 0.00814. The third-order valence-corrected chi connectivity index (χ3v) is 5.11. The van der Waals surface area contributed by atoms with Crippen LogP contribution in [0.3, 0.4) is 0 Å². The second-order valence-electron chi connectivity index (χ2n) is 5.15. The number of rotatable bonds is 3. The SMILES string of the molecule is COc1cc2c(cc1Br)-c1c(c(C(=O)O)nn1-c1ccsc1)CO2. The number of hydrogen-bond donors (Lipinski definition) is 1. The number of carboxylic acids is 1. The number of carboxylic acid groups (broad SMARTS) is 1. The van der Waals surface area contributed by atoms with Crippen molar-refractivity contribution in [2.75, 3.05) is 7.11 Å². The van der Waals surface area contributed by atoms with E-state index < -0.39 is 5.97 Å². The normalized spacial score (nSPS) is 12.2. The Kier molecular flexibility index (Phi) is 3.58. The molecule has 3 aromatic rings. The first kappa shape index (κ1) is 15.2. The van der Waals surface area contributed by atoms with E-state index in [9.17, 15) is 9.90 Å². The van der Waals surface area contributed by atoms with Crippen LogP contribution in [0.2, 0.25) is 0 Å². The molecular weight excluding hydrogens is 396 g/mol. The zero-order chi connectivity index (χ0) is 16.8. The largest absolute Gasteiger partial charge is 0.495 e. The number of hydrogen-bond acceptors (Lipinski definition) is 5. The van der Waals surface area contributed by atoms with Gasteiger partial charge in [0, 0.05) is 17.0 Å². The number of halogens is 1. The molecule has 0 saturated carbocycles. The topological polar surface area (TPSA) is 73.6 Å². The number of thiophene rings is 1. The van der Waals surface area contributed by atoms with Gasteiger partial charge in [0.05, 0.1) is 28.5 Å². The van der Waals surface area contributed by atoms with Gasteiger partial charge in [-0.1, -0.05) is 0 Å². The summed E-state index contributed by atoms with van der Waals surface area (Å²) < 4.78 is 13.5. The van der Waals surface area contributed by atoms with Crippen LogP contribution in [0.1, 0.15) is 16.1 Å². The average Bonchev–Trinajstić information content (AvgIpc) is 3.21. The van der Waals surface area contributed by atoms with Crippen LogP contribution < -0.4 is 9.47 Å². The number of aromatic nitrogens is 2. The molecular formula is C16H11BrN2O4S. The maximum Gasteiger partial charge on any atom is 0.356 e. The van der Waals surface area contributed by atoms with Crippen molar-refractivity contribution in [2.24, 2.45) is 0 Å². The van der Waals surface area contributed by atoms with Crippen LogP contribution in [-0.4, -0.2) is 28.0 Å². The summed E-state index contributed by atoms with van der Waals surface area (Å²) in [6.07, 6.45) is 0. The van der Waals surface area contributed by atoms with Gasteiger partial charge >= 0.3 is 5.97 Å². The number of ether oxygens (including phenoxy) is 2. The summed E-state index contributed by atoms with van der Waals surface area (Å²) in [7, 11) is 1.58. The molecule has 0 radical (unpaired) electrons. The van der Waals surface area contributed by atoms with Crippen molar-refractivity contribution in [1.82, 2.24) is 9.78 Å². The molecule has 0 bridgehead atoms. The standard InChI is InChI=1S/C16H11BrN2O4S/c1-22-13-5-12-9(4-11(13)17)15-10(6-23-12)14(16(20)21)18-19(15)8-2-3-24-7-8/h2-5,7H,6H2,1H3,(H,20,21). The second-order valence-corrected chi connectivity index (χ2v) is 6.78. The monoisotopic (exact) mass is 406 g/mol. The molecule has 1 aliphatic rings. The van der Waals surface area contributed by atoms with E-state index >= 15 is 0 Å². The van der Waals surface area contributed by atoms with Crippen LogP contribution in [0.25, 0.3) is 16.9 Å². The van der Waals surface area contributed by atoms with Crippen molar-refractivity contribution in [2.45, 2.75) is 6.61 Å². The Labute approximate surface area is 149 Å². The molecule has 8 heteroatoms. The number of benzene rings is 1. The van der Waals surface area contributed by atoms with Crippen molar-refractivity contribution in [3.63, 3.8) is 0 Å². The van der Waals surface area contributed by atoms with Crippen molar-refractivity contribution in [1.29, 1.82) is 0 Å². The molecule has 0 unspecified atom stereocenters. The van der Waals surface area contributed by atoms with E-state index in [0.29, 0.717) is 17.1 Å². The van der Waals surface area contributed by atoms with Gasteiger partial charge in [0.25, 0.3) is 0 Å². The summed E-state index contributed by atoms with van der Waals surface area (Å²) in [6.45, 7) is 0.152. The molecule has 6 nitrogen and oxygen atoms in total. The fourth-order valence-corrected chi connectivity index (χ4v) is 3.87. The highest BCUT2D eigenvalue weighted by molar-refractivity contribution is 9.10. The Hall–Kier alpha value is -2.32. The summed E-state index contributed by atoms with van der Waals surface area (Å²) >= 11 is 5.00. The lowest BCUT2D eigenvalue weighted by atomic mass is 10.0. The zero-order valence-electron chi connectivity index (χ0n) is 12.4. The Morgan fingerprint density at radius 3 is 3.00 bits per heavy atom. The summed E-state index contributed by atoms with van der Waals surface area (Å²) in [5.41, 5.74) is 2.90. The predicted molar refractivity (Wildman–Crippen MR) is 92.4 cm³/mol. The van der Waals surface area contributed by atoms with Crippen molar-refractivity contribution in [3.05, 3.63) is 44.7 Å². The first-order valence-corrected chi connectivity index (χ1v) is 8.72. The van der Waals surface area contributed by atoms with Gasteiger partial charge in [0.1, 0.15) is 18.1 Å². The first-order valence-electron chi connectivity index (χ1n) is 6.98. The van der Waals surface area contributed by atoms with E-state index in [1.54, 1.807) is 17.9 Å². The number of fused-ring (bicyclic) bond motifs is 3. The highest BCUT2D eigenvalue weighted by atomic mass is 79.9. The van der Waals surface area contributed by atoms with Gasteiger partial charge in [0.15, 0.2) is 5.69 Å². The lowest BCUT2D eigenvalue weighted by Gasteiger charge is -2.20. The lowest BCUT2D eigenvalue weighted by Crippen LogP contribution is -2.10. The molecule has 1 aliphatic heterocycles. The van der Waals surface area contributed by atoms with Gasteiger partial charge in [-0.3, -0.25) is 0 Å². The zero-order valence-corrected chi connectivity index (χ0v) is 14.8. The molecule has 0 atom stereocenters. The average molecular weight is 407 g/mol. The maximum atomic E-state index is 11.6. The van der Waals surface area contributed by atoms with Crippen LogP contribution >= 0.6 is 27.3 Å². The molecule has 24 heavy (non-hydrogen) atoms. The summed E-state index contributed by atoms with van der Waals surface area (Å²) in [4.78, 5) is 11.6. The Balaban J connectivity index is 2.02. The Bertz CT molecular complexity index is 950. The van der Waals surface area contributed by atoms with Crippen LogP contribution in [0.5, 0.6) is 11.5 Å². The van der Waals surface area contributed by atoms with Gasteiger partial charge in [-0.05, 0) is 33.4 Å². The van der Waals surface area contributed by atoms with Gasteiger partial charge in [0.2, 0.25) is 0 Å². The van der Waals surface area contributed by atoms with E-state index in [1.807, 2.05) is 22.9 Å². The van der Waals surface area contributed by atoms with Gasteiger partial charge < -0.3 is 14.6 Å². The van der Waals surface area contributed by atoms with E-state index in [2.05, 4.69) is 21.0 Å². The third kappa shape index (κ3) is 2.22. The molecule has 2 aromatic heterocycles. The smallest absolute Gasteiger partial charge is 0.356 e. The fraction of sp³-hybridized carbons (Fsp3) is 0.125. The van der Waals surface area contributed by atoms with E-state index in [-0.39, 0.29) is 12.3 Å². The molecule has 122 valence electrons. The lowest BCUT2D eigenvalue weighted by molar-refractivity contribution is 0.0687. The number of nitrogens with zero attached hydrogens (tertiary/aromatic N) is 2. The molecule has 0 aliphatic carbocycles. The summed E-state index contributed by atoms with van der Waals surface area (Å²) in [6, 6.07) is 5.55. The molecule has 1 N–H and O–H groups in total. The molecule has 3 heterocycles. The fourth-order valence-electron chi connectivity index (χ4n) is 2.75.